The van der Waals surface area contributed by atoms with Gasteiger partial charge in [-0.3, -0.25) is 0 Å². The van der Waals surface area contributed by atoms with Gasteiger partial charge < -0.3 is 10.6 Å². The van der Waals surface area contributed by atoms with Crippen LogP contribution in [0, 0.1) is 6.92 Å². The molecule has 3 rings (SSSR count). The molecule has 1 aromatic heterocycles. The van der Waals surface area contributed by atoms with E-state index in [-0.39, 0.29) is 5.54 Å². The molecule has 1 aliphatic heterocycles. The summed E-state index contributed by atoms with van der Waals surface area (Å²) < 4.78 is 0. The van der Waals surface area contributed by atoms with E-state index in [0.29, 0.717) is 0 Å². The minimum atomic E-state index is 0.286. The third kappa shape index (κ3) is 1.46. The Morgan fingerprint density at radius 3 is 2.87 bits per heavy atom. The van der Waals surface area contributed by atoms with Gasteiger partial charge in [0, 0.05) is 12.2 Å². The molecule has 0 saturated heterocycles. The molecule has 1 fully saturated rings. The highest BCUT2D eigenvalue weighted by atomic mass is 15.2. The van der Waals surface area contributed by atoms with Crippen LogP contribution in [0.3, 0.4) is 0 Å². The van der Waals surface area contributed by atoms with Crippen LogP contribution in [-0.4, -0.2) is 17.1 Å². The lowest BCUT2D eigenvalue weighted by atomic mass is 9.95. The number of hydrogen-bond acceptors (Lipinski definition) is 3. The lowest BCUT2D eigenvalue weighted by Crippen LogP contribution is -2.45. The molecule has 2 aliphatic rings. The van der Waals surface area contributed by atoms with Crippen molar-refractivity contribution in [3.8, 4) is 0 Å². The van der Waals surface area contributed by atoms with E-state index in [1.54, 1.807) is 0 Å². The number of aryl methyl sites for hydroxylation is 1. The summed E-state index contributed by atoms with van der Waals surface area (Å²) >= 11 is 0. The van der Waals surface area contributed by atoms with Crippen molar-refractivity contribution in [1.29, 1.82) is 0 Å². The van der Waals surface area contributed by atoms with E-state index in [1.807, 2.05) is 6.92 Å². The Labute approximate surface area is 90.3 Å². The fourth-order valence-corrected chi connectivity index (χ4v) is 2.71. The zero-order valence-corrected chi connectivity index (χ0v) is 9.14. The van der Waals surface area contributed by atoms with Crippen molar-refractivity contribution in [2.24, 2.45) is 0 Å². The van der Waals surface area contributed by atoms with Gasteiger partial charge in [0.2, 0.25) is 0 Å². The molecule has 15 heavy (non-hydrogen) atoms. The van der Waals surface area contributed by atoms with Gasteiger partial charge in [0.25, 0.3) is 0 Å². The monoisotopic (exact) mass is 203 g/mol. The number of aromatic nitrogens is 1. The number of pyridine rings is 1. The van der Waals surface area contributed by atoms with Crippen LogP contribution in [0.2, 0.25) is 0 Å². The zero-order chi connectivity index (χ0) is 10.3. The van der Waals surface area contributed by atoms with Gasteiger partial charge in [0.05, 0.1) is 11.2 Å². The fourth-order valence-electron chi connectivity index (χ4n) is 2.71. The first-order valence-corrected chi connectivity index (χ1v) is 5.77. The normalized spacial score (nSPS) is 21.9. The van der Waals surface area contributed by atoms with Crippen molar-refractivity contribution in [3.05, 3.63) is 17.8 Å². The second kappa shape index (κ2) is 3.12. The van der Waals surface area contributed by atoms with Crippen LogP contribution in [0.4, 0.5) is 11.5 Å². The highest BCUT2D eigenvalue weighted by Gasteiger charge is 2.37. The van der Waals surface area contributed by atoms with Crippen LogP contribution in [0.5, 0.6) is 0 Å². The summed E-state index contributed by atoms with van der Waals surface area (Å²) in [5.74, 6) is 1.04. The first kappa shape index (κ1) is 9.01. The molecule has 0 amide bonds. The topological polar surface area (TPSA) is 37.0 Å². The first-order chi connectivity index (χ1) is 7.27. The molecular formula is C12H17N3. The minimum Gasteiger partial charge on any atom is -0.380 e. The largest absolute Gasteiger partial charge is 0.380 e. The van der Waals surface area contributed by atoms with Crippen LogP contribution in [0.25, 0.3) is 0 Å². The predicted molar refractivity (Wildman–Crippen MR) is 62.3 cm³/mol. The highest BCUT2D eigenvalue weighted by Crippen LogP contribution is 2.38. The maximum Gasteiger partial charge on any atom is 0.150 e. The van der Waals surface area contributed by atoms with E-state index >= 15 is 0 Å². The molecule has 0 atom stereocenters. The molecule has 0 unspecified atom stereocenters. The van der Waals surface area contributed by atoms with E-state index in [1.165, 1.54) is 25.7 Å². The number of nitrogens with one attached hydrogen (secondary N) is 2. The third-order valence-electron chi connectivity index (χ3n) is 3.60. The van der Waals surface area contributed by atoms with Gasteiger partial charge in [-0.05, 0) is 31.9 Å². The van der Waals surface area contributed by atoms with Gasteiger partial charge in [-0.2, -0.15) is 0 Å². The Bertz CT molecular complexity index is 380. The van der Waals surface area contributed by atoms with Crippen molar-refractivity contribution in [1.82, 2.24) is 4.98 Å². The van der Waals surface area contributed by atoms with Crippen molar-refractivity contribution < 1.29 is 0 Å². The summed E-state index contributed by atoms with van der Waals surface area (Å²) in [5.41, 5.74) is 2.52. The molecule has 1 spiro atoms. The van der Waals surface area contributed by atoms with Gasteiger partial charge in [-0.15, -0.1) is 0 Å². The minimum absolute atomic E-state index is 0.286. The zero-order valence-electron chi connectivity index (χ0n) is 9.14. The van der Waals surface area contributed by atoms with Crippen LogP contribution in [0.15, 0.2) is 12.1 Å². The van der Waals surface area contributed by atoms with E-state index < -0.39 is 0 Å². The maximum absolute atomic E-state index is 4.56. The van der Waals surface area contributed by atoms with Gasteiger partial charge >= 0.3 is 0 Å². The number of hydrogen-bond donors (Lipinski definition) is 2. The summed E-state index contributed by atoms with van der Waals surface area (Å²) in [6.07, 6.45) is 5.23. The van der Waals surface area contributed by atoms with Crippen LogP contribution >= 0.6 is 0 Å². The Morgan fingerprint density at radius 2 is 2.07 bits per heavy atom. The van der Waals surface area contributed by atoms with E-state index in [9.17, 15) is 0 Å². The predicted octanol–water partition coefficient (Wildman–Crippen LogP) is 2.54. The molecule has 1 aromatic rings. The smallest absolute Gasteiger partial charge is 0.150 e. The molecular weight excluding hydrogens is 186 g/mol. The second-order valence-corrected chi connectivity index (χ2v) is 4.81. The van der Waals surface area contributed by atoms with Gasteiger partial charge in [0.1, 0.15) is 5.82 Å². The number of fused-ring (bicyclic) bond motifs is 1. The summed E-state index contributed by atoms with van der Waals surface area (Å²) in [5, 5.41) is 7.14. The summed E-state index contributed by atoms with van der Waals surface area (Å²) in [4.78, 5) is 4.56. The lowest BCUT2D eigenvalue weighted by molar-refractivity contribution is 0.497. The molecule has 3 nitrogen and oxygen atoms in total. The van der Waals surface area contributed by atoms with Crippen molar-refractivity contribution in [2.45, 2.75) is 38.1 Å². The fraction of sp³-hybridized carbons (Fsp3) is 0.583. The molecule has 0 bridgehead atoms. The van der Waals surface area contributed by atoms with Crippen LogP contribution < -0.4 is 10.6 Å². The standard InChI is InChI=1S/C12H17N3/c1-9-4-5-10-11(14-9)15-12(8-13-10)6-2-3-7-12/h4-5,13H,2-3,6-8H2,1H3,(H,14,15). The summed E-state index contributed by atoms with van der Waals surface area (Å²) in [7, 11) is 0. The number of anilines is 2. The average Bonchev–Trinajstić information content (AvgIpc) is 2.66. The summed E-state index contributed by atoms with van der Waals surface area (Å²) in [6.45, 7) is 3.09. The lowest BCUT2D eigenvalue weighted by Gasteiger charge is -2.37. The molecule has 2 heterocycles. The van der Waals surface area contributed by atoms with Crippen LogP contribution in [-0.2, 0) is 0 Å². The Hall–Kier alpha value is -1.25. The summed E-state index contributed by atoms with van der Waals surface area (Å²) in [6, 6.07) is 4.17. The van der Waals surface area contributed by atoms with Gasteiger partial charge in [-0.25, -0.2) is 4.98 Å². The molecule has 80 valence electrons. The number of nitrogens with zero attached hydrogens (tertiary/aromatic N) is 1. The van der Waals surface area contributed by atoms with E-state index in [0.717, 1.165) is 23.7 Å². The Morgan fingerprint density at radius 1 is 1.27 bits per heavy atom. The van der Waals surface area contributed by atoms with Gasteiger partial charge in [0.15, 0.2) is 0 Å². The van der Waals surface area contributed by atoms with E-state index in [4.69, 9.17) is 0 Å². The second-order valence-electron chi connectivity index (χ2n) is 4.81. The average molecular weight is 203 g/mol. The maximum atomic E-state index is 4.56. The number of rotatable bonds is 0. The molecule has 3 heteroatoms. The Balaban J connectivity index is 1.94. The highest BCUT2D eigenvalue weighted by molar-refractivity contribution is 5.68. The Kier molecular flexibility index (Phi) is 1.87. The molecule has 0 radical (unpaired) electrons. The third-order valence-corrected chi connectivity index (χ3v) is 3.60. The van der Waals surface area contributed by atoms with Crippen molar-refractivity contribution >= 4 is 11.5 Å². The molecule has 0 aromatic carbocycles. The van der Waals surface area contributed by atoms with E-state index in [2.05, 4.69) is 27.8 Å². The van der Waals surface area contributed by atoms with Crippen molar-refractivity contribution in [2.75, 3.05) is 17.2 Å². The SMILES string of the molecule is Cc1ccc2c(n1)NC1(CCCC1)CN2. The quantitative estimate of drug-likeness (QED) is 0.680. The van der Waals surface area contributed by atoms with Crippen molar-refractivity contribution in [3.63, 3.8) is 0 Å². The molecule has 2 N–H and O–H groups in total. The first-order valence-electron chi connectivity index (χ1n) is 5.77. The van der Waals surface area contributed by atoms with Crippen LogP contribution in [0.1, 0.15) is 31.4 Å². The van der Waals surface area contributed by atoms with Gasteiger partial charge in [-0.1, -0.05) is 12.8 Å². The molecule has 1 aliphatic carbocycles. The molecule has 1 saturated carbocycles.